The van der Waals surface area contributed by atoms with Gasteiger partial charge in [0.05, 0.1) is 6.10 Å². The van der Waals surface area contributed by atoms with Crippen LogP contribution in [-0.2, 0) is 0 Å². The minimum Gasteiger partial charge on any atom is -0.388 e. The number of rotatable bonds is 3. The zero-order chi connectivity index (χ0) is 16.5. The Morgan fingerprint density at radius 3 is 2.83 bits per heavy atom. The van der Waals surface area contributed by atoms with E-state index < -0.39 is 6.10 Å². The summed E-state index contributed by atoms with van der Waals surface area (Å²) in [5.74, 6) is 1.85. The molecule has 0 radical (unpaired) electrons. The van der Waals surface area contributed by atoms with Crippen LogP contribution in [-0.4, -0.2) is 32.6 Å². The largest absolute Gasteiger partial charge is 0.388 e. The summed E-state index contributed by atoms with van der Waals surface area (Å²) in [5, 5.41) is 10.8. The molecule has 1 aliphatic rings. The minimum atomic E-state index is -0.448. The first-order valence-corrected chi connectivity index (χ1v) is 8.98. The summed E-state index contributed by atoms with van der Waals surface area (Å²) in [5.41, 5.74) is 0.974. The Labute approximate surface area is 149 Å². The second-order valence-corrected chi connectivity index (χ2v) is 7.18. The fourth-order valence-corrected chi connectivity index (χ4v) is 3.64. The average molecular weight is 387 g/mol. The van der Waals surface area contributed by atoms with Gasteiger partial charge in [-0.1, -0.05) is 28.1 Å². The van der Waals surface area contributed by atoms with Gasteiger partial charge in [-0.25, -0.2) is 4.98 Å². The van der Waals surface area contributed by atoms with Crippen LogP contribution in [0.2, 0.25) is 0 Å². The van der Waals surface area contributed by atoms with Gasteiger partial charge in [0.1, 0.15) is 5.82 Å². The van der Waals surface area contributed by atoms with Crippen LogP contribution in [0.1, 0.15) is 24.5 Å². The van der Waals surface area contributed by atoms with Gasteiger partial charge >= 0.3 is 0 Å². The molecule has 2 aromatic heterocycles. The van der Waals surface area contributed by atoms with Crippen molar-refractivity contribution in [3.05, 3.63) is 59.0 Å². The lowest BCUT2D eigenvalue weighted by Crippen LogP contribution is -2.38. The number of aliphatic hydroxyl groups is 1. The lowest BCUT2D eigenvalue weighted by Gasteiger charge is -2.36. The number of anilines is 1. The smallest absolute Gasteiger partial charge is 0.235 e. The van der Waals surface area contributed by atoms with Crippen LogP contribution in [0.4, 0.5) is 5.82 Å². The number of hydrogen-bond donors (Lipinski definition) is 1. The number of aromatic nitrogens is 3. The highest BCUT2D eigenvalue weighted by Crippen LogP contribution is 2.32. The maximum Gasteiger partial charge on any atom is 0.235 e. The van der Waals surface area contributed by atoms with Crippen molar-refractivity contribution >= 4 is 27.5 Å². The predicted molar refractivity (Wildman–Crippen MR) is 97.0 cm³/mol. The van der Waals surface area contributed by atoms with Gasteiger partial charge in [0.15, 0.2) is 0 Å². The Hall–Kier alpha value is -1.92. The summed E-state index contributed by atoms with van der Waals surface area (Å²) < 4.78 is 2.93. The van der Waals surface area contributed by atoms with Gasteiger partial charge in [-0.05, 0) is 36.6 Å². The minimum absolute atomic E-state index is 0.206. The summed E-state index contributed by atoms with van der Waals surface area (Å²) in [4.78, 5) is 11.1. The van der Waals surface area contributed by atoms with Gasteiger partial charge < -0.3 is 10.0 Å². The Kier molecular flexibility index (Phi) is 4.24. The number of halogens is 1. The van der Waals surface area contributed by atoms with E-state index >= 15 is 0 Å². The zero-order valence-electron chi connectivity index (χ0n) is 13.2. The van der Waals surface area contributed by atoms with Crippen molar-refractivity contribution < 1.29 is 5.11 Å². The first kappa shape index (κ1) is 15.6. The van der Waals surface area contributed by atoms with Crippen molar-refractivity contribution in [2.24, 2.45) is 5.92 Å². The number of benzene rings is 1. The topological polar surface area (TPSA) is 53.7 Å². The van der Waals surface area contributed by atoms with Crippen molar-refractivity contribution in [2.45, 2.75) is 18.9 Å². The number of fused-ring (bicyclic) bond motifs is 1. The van der Waals surface area contributed by atoms with Crippen LogP contribution in [0.15, 0.2) is 53.4 Å². The van der Waals surface area contributed by atoms with E-state index in [1.165, 1.54) is 0 Å². The van der Waals surface area contributed by atoms with Crippen LogP contribution >= 0.6 is 15.9 Å². The van der Waals surface area contributed by atoms with Crippen molar-refractivity contribution in [3.8, 4) is 0 Å². The number of hydrogen-bond acceptors (Lipinski definition) is 4. The van der Waals surface area contributed by atoms with E-state index in [1.54, 1.807) is 6.20 Å². The Balaban J connectivity index is 1.53. The molecular formula is C18H19BrN4O. The third kappa shape index (κ3) is 3.03. The van der Waals surface area contributed by atoms with E-state index in [0.29, 0.717) is 5.78 Å². The summed E-state index contributed by atoms with van der Waals surface area (Å²) in [6.45, 7) is 1.77. The quantitative estimate of drug-likeness (QED) is 0.748. The second-order valence-electron chi connectivity index (χ2n) is 6.26. The predicted octanol–water partition coefficient (Wildman–Crippen LogP) is 3.44. The zero-order valence-corrected chi connectivity index (χ0v) is 14.8. The standard InChI is InChI=1S/C18H19BrN4O/c19-15-5-3-13(4-6-15)17(24)14-2-1-9-23(12-14)16-7-10-22-11-8-20-18(22)21-16/h3-8,10-11,14,17,24H,1-2,9,12H2. The molecule has 2 atom stereocenters. The molecule has 0 spiro atoms. The van der Waals surface area contributed by atoms with Crippen molar-refractivity contribution in [1.82, 2.24) is 14.4 Å². The van der Waals surface area contributed by atoms with Gasteiger partial charge in [0, 0.05) is 42.1 Å². The molecule has 4 rings (SSSR count). The van der Waals surface area contributed by atoms with Crippen LogP contribution in [0.25, 0.3) is 5.78 Å². The van der Waals surface area contributed by atoms with E-state index in [1.807, 2.05) is 47.1 Å². The number of aliphatic hydroxyl groups excluding tert-OH is 1. The molecule has 3 aromatic rings. The molecule has 124 valence electrons. The molecule has 0 saturated carbocycles. The van der Waals surface area contributed by atoms with Crippen molar-refractivity contribution in [1.29, 1.82) is 0 Å². The fourth-order valence-electron chi connectivity index (χ4n) is 3.38. The highest BCUT2D eigenvalue weighted by Gasteiger charge is 2.27. The fraction of sp³-hybridized carbons (Fsp3) is 0.333. The molecule has 2 unspecified atom stereocenters. The highest BCUT2D eigenvalue weighted by atomic mass is 79.9. The van der Waals surface area contributed by atoms with Crippen LogP contribution in [0.3, 0.4) is 0 Å². The monoisotopic (exact) mass is 386 g/mol. The van der Waals surface area contributed by atoms with Crippen molar-refractivity contribution in [3.63, 3.8) is 0 Å². The third-order valence-corrected chi connectivity index (χ3v) is 5.22. The molecule has 1 aliphatic heterocycles. The molecule has 0 aliphatic carbocycles. The SMILES string of the molecule is OC(c1ccc(Br)cc1)C1CCCN(c2ccn3ccnc3n2)C1. The Morgan fingerprint density at radius 1 is 1.17 bits per heavy atom. The lowest BCUT2D eigenvalue weighted by atomic mass is 9.88. The normalized spacial score (nSPS) is 19.6. The molecule has 24 heavy (non-hydrogen) atoms. The van der Waals surface area contributed by atoms with E-state index in [4.69, 9.17) is 0 Å². The van der Waals surface area contributed by atoms with E-state index in [0.717, 1.165) is 41.8 Å². The molecule has 1 fully saturated rings. The highest BCUT2D eigenvalue weighted by molar-refractivity contribution is 9.10. The summed E-state index contributed by atoms with van der Waals surface area (Å²) in [7, 11) is 0. The first-order chi connectivity index (χ1) is 11.7. The van der Waals surface area contributed by atoms with Crippen molar-refractivity contribution in [2.75, 3.05) is 18.0 Å². The third-order valence-electron chi connectivity index (χ3n) is 4.69. The summed E-state index contributed by atoms with van der Waals surface area (Å²) >= 11 is 3.44. The van der Waals surface area contributed by atoms with Gasteiger partial charge in [0.2, 0.25) is 5.78 Å². The first-order valence-electron chi connectivity index (χ1n) is 8.19. The van der Waals surface area contributed by atoms with E-state index in [-0.39, 0.29) is 5.92 Å². The average Bonchev–Trinajstić information content (AvgIpc) is 3.09. The number of imidazole rings is 1. The Bertz CT molecular complexity index is 832. The van der Waals surface area contributed by atoms with Crippen LogP contribution < -0.4 is 4.90 Å². The molecule has 1 saturated heterocycles. The van der Waals surface area contributed by atoms with Gasteiger partial charge in [-0.2, -0.15) is 4.98 Å². The molecule has 1 N–H and O–H groups in total. The number of nitrogens with zero attached hydrogens (tertiary/aromatic N) is 4. The van der Waals surface area contributed by atoms with Gasteiger partial charge in [-0.15, -0.1) is 0 Å². The van der Waals surface area contributed by atoms with E-state index in [2.05, 4.69) is 30.8 Å². The summed E-state index contributed by atoms with van der Waals surface area (Å²) in [6, 6.07) is 9.95. The molecule has 5 nitrogen and oxygen atoms in total. The van der Waals surface area contributed by atoms with Gasteiger partial charge in [-0.3, -0.25) is 4.40 Å². The molecule has 1 aromatic carbocycles. The molecule has 0 bridgehead atoms. The summed E-state index contributed by atoms with van der Waals surface area (Å²) in [6.07, 6.45) is 7.26. The van der Waals surface area contributed by atoms with Gasteiger partial charge in [0.25, 0.3) is 0 Å². The van der Waals surface area contributed by atoms with Crippen LogP contribution in [0.5, 0.6) is 0 Å². The maximum absolute atomic E-state index is 10.8. The second kappa shape index (κ2) is 6.53. The lowest BCUT2D eigenvalue weighted by molar-refractivity contribution is 0.0980. The molecule has 6 heteroatoms. The number of piperidine rings is 1. The molecule has 3 heterocycles. The van der Waals surface area contributed by atoms with E-state index in [9.17, 15) is 5.11 Å². The van der Waals surface area contributed by atoms with Crippen LogP contribution in [0, 0.1) is 5.92 Å². The maximum atomic E-state index is 10.8. The molecule has 0 amide bonds. The Morgan fingerprint density at radius 2 is 2.00 bits per heavy atom. The molecular weight excluding hydrogens is 368 g/mol.